The summed E-state index contributed by atoms with van der Waals surface area (Å²) in [7, 11) is 2.17. The minimum atomic E-state index is -0.642. The third-order valence-electron chi connectivity index (χ3n) is 4.40. The van der Waals surface area contributed by atoms with Crippen molar-refractivity contribution in [2.75, 3.05) is 5.32 Å². The molecule has 1 atom stereocenters. The van der Waals surface area contributed by atoms with Gasteiger partial charge in [0.2, 0.25) is 0 Å². The fourth-order valence-electron chi connectivity index (χ4n) is 3.11. The molecule has 0 aliphatic heterocycles. The second kappa shape index (κ2) is 8.49. The van der Waals surface area contributed by atoms with Crippen molar-refractivity contribution in [3.8, 4) is 0 Å². The van der Waals surface area contributed by atoms with Crippen molar-refractivity contribution in [2.24, 2.45) is 0 Å². The van der Waals surface area contributed by atoms with Gasteiger partial charge in [-0.05, 0) is 36.0 Å². The second-order valence-electron chi connectivity index (χ2n) is 6.24. The van der Waals surface area contributed by atoms with E-state index >= 15 is 0 Å². The minimum absolute atomic E-state index is 0.642. The summed E-state index contributed by atoms with van der Waals surface area (Å²) < 4.78 is 0. The van der Waals surface area contributed by atoms with Crippen LogP contribution in [0.15, 0.2) is 109 Å². The van der Waals surface area contributed by atoms with Crippen LogP contribution in [0.2, 0.25) is 0 Å². The zero-order chi connectivity index (χ0) is 18.5. The maximum absolute atomic E-state index is 3.66. The Morgan fingerprint density at radius 3 is 1.59 bits per heavy atom. The first-order valence-electron chi connectivity index (χ1n) is 8.94. The molecule has 132 valence electrons. The number of hydrogen-bond acceptors (Lipinski definition) is 1. The standard InChI is InChI=1S/C24H21NP2/c26-23-17-9-7-15-21(23)25-22-16-8-10-18-24(22)27(19-11-3-1-4-12-19)20-13-5-2-6-14-20/h1-18,25H,26H2. The summed E-state index contributed by atoms with van der Waals surface area (Å²) in [5, 5.41) is 8.86. The molecule has 0 amide bonds. The van der Waals surface area contributed by atoms with Crippen LogP contribution in [-0.4, -0.2) is 0 Å². The third kappa shape index (κ3) is 4.11. The molecule has 0 saturated carbocycles. The number of nitrogens with one attached hydrogen (secondary N) is 1. The highest BCUT2D eigenvalue weighted by Crippen LogP contribution is 2.36. The van der Waals surface area contributed by atoms with Gasteiger partial charge in [-0.1, -0.05) is 97.1 Å². The second-order valence-corrected chi connectivity index (χ2v) is 9.04. The van der Waals surface area contributed by atoms with Crippen LogP contribution in [0.3, 0.4) is 0 Å². The minimum Gasteiger partial charge on any atom is -0.354 e. The Labute approximate surface area is 164 Å². The van der Waals surface area contributed by atoms with Crippen LogP contribution in [-0.2, 0) is 0 Å². The van der Waals surface area contributed by atoms with E-state index in [4.69, 9.17) is 0 Å². The molecule has 1 unspecified atom stereocenters. The molecular weight excluding hydrogens is 364 g/mol. The molecule has 0 heterocycles. The number of anilines is 2. The summed E-state index contributed by atoms with van der Waals surface area (Å²) in [4.78, 5) is 0. The molecule has 27 heavy (non-hydrogen) atoms. The number of rotatable bonds is 5. The van der Waals surface area contributed by atoms with Gasteiger partial charge in [-0.3, -0.25) is 0 Å². The van der Waals surface area contributed by atoms with Crippen LogP contribution < -0.4 is 26.5 Å². The molecule has 0 aromatic heterocycles. The molecule has 0 fully saturated rings. The normalized spacial score (nSPS) is 10.7. The van der Waals surface area contributed by atoms with Crippen molar-refractivity contribution in [1.82, 2.24) is 0 Å². The fourth-order valence-corrected chi connectivity index (χ4v) is 5.79. The average molecular weight is 385 g/mol. The number of para-hydroxylation sites is 2. The van der Waals surface area contributed by atoms with Gasteiger partial charge >= 0.3 is 0 Å². The van der Waals surface area contributed by atoms with Crippen LogP contribution >= 0.6 is 17.2 Å². The topological polar surface area (TPSA) is 12.0 Å². The molecule has 3 heteroatoms. The smallest absolute Gasteiger partial charge is 0.0469 e. The molecule has 0 spiro atoms. The highest BCUT2D eigenvalue weighted by molar-refractivity contribution is 7.80. The predicted molar refractivity (Wildman–Crippen MR) is 124 cm³/mol. The lowest BCUT2D eigenvalue weighted by Crippen LogP contribution is -2.22. The van der Waals surface area contributed by atoms with E-state index in [2.05, 4.69) is 124 Å². The van der Waals surface area contributed by atoms with E-state index < -0.39 is 7.92 Å². The zero-order valence-corrected chi connectivity index (χ0v) is 17.0. The van der Waals surface area contributed by atoms with E-state index in [9.17, 15) is 0 Å². The van der Waals surface area contributed by atoms with E-state index in [1.54, 1.807) is 0 Å². The average Bonchev–Trinajstić information content (AvgIpc) is 2.73. The van der Waals surface area contributed by atoms with Crippen LogP contribution in [0.1, 0.15) is 0 Å². The molecule has 0 radical (unpaired) electrons. The van der Waals surface area contributed by atoms with Gasteiger partial charge in [-0.15, -0.1) is 9.24 Å². The first kappa shape index (κ1) is 17.9. The third-order valence-corrected chi connectivity index (χ3v) is 7.41. The number of hydrogen-bond donors (Lipinski definition) is 1. The van der Waals surface area contributed by atoms with Gasteiger partial charge in [0, 0.05) is 16.7 Å². The Morgan fingerprint density at radius 2 is 1.00 bits per heavy atom. The highest BCUT2D eigenvalue weighted by Gasteiger charge is 2.19. The van der Waals surface area contributed by atoms with Crippen molar-refractivity contribution < 1.29 is 0 Å². The Balaban J connectivity index is 1.83. The lowest BCUT2D eigenvalue weighted by molar-refractivity contribution is 1.60. The Bertz CT molecular complexity index is 977. The predicted octanol–water partition coefficient (Wildman–Crippen LogP) is 4.69. The van der Waals surface area contributed by atoms with Crippen molar-refractivity contribution in [2.45, 2.75) is 0 Å². The van der Waals surface area contributed by atoms with E-state index in [1.807, 2.05) is 0 Å². The molecule has 1 nitrogen and oxygen atoms in total. The molecule has 0 bridgehead atoms. The van der Waals surface area contributed by atoms with Gasteiger partial charge in [-0.25, -0.2) is 0 Å². The SMILES string of the molecule is Pc1ccccc1Nc1ccccc1P(c1ccccc1)c1ccccc1. The van der Waals surface area contributed by atoms with Crippen LogP contribution in [0.4, 0.5) is 11.4 Å². The van der Waals surface area contributed by atoms with Crippen LogP contribution in [0.25, 0.3) is 0 Å². The molecule has 0 aliphatic rings. The first-order valence-corrected chi connectivity index (χ1v) is 10.9. The molecule has 1 N–H and O–H groups in total. The molecular formula is C24H21NP2. The van der Waals surface area contributed by atoms with E-state index in [-0.39, 0.29) is 0 Å². The van der Waals surface area contributed by atoms with Crippen LogP contribution in [0.5, 0.6) is 0 Å². The van der Waals surface area contributed by atoms with Crippen molar-refractivity contribution in [3.63, 3.8) is 0 Å². The van der Waals surface area contributed by atoms with Gasteiger partial charge < -0.3 is 5.32 Å². The Kier molecular flexibility index (Phi) is 5.64. The lowest BCUT2D eigenvalue weighted by Gasteiger charge is -2.23. The van der Waals surface area contributed by atoms with Gasteiger partial charge in [0.15, 0.2) is 0 Å². The largest absolute Gasteiger partial charge is 0.354 e. The van der Waals surface area contributed by atoms with E-state index in [0.717, 1.165) is 16.7 Å². The Hall–Kier alpha value is -2.46. The molecule has 0 saturated heterocycles. The fraction of sp³-hybridized carbons (Fsp3) is 0. The van der Waals surface area contributed by atoms with Crippen molar-refractivity contribution in [1.29, 1.82) is 0 Å². The monoisotopic (exact) mass is 385 g/mol. The summed E-state index contributed by atoms with van der Waals surface area (Å²) in [6.07, 6.45) is 0. The van der Waals surface area contributed by atoms with Crippen LogP contribution in [0, 0.1) is 0 Å². The summed E-state index contributed by atoms with van der Waals surface area (Å²) in [6, 6.07) is 38.6. The highest BCUT2D eigenvalue weighted by atomic mass is 31.1. The van der Waals surface area contributed by atoms with Gasteiger partial charge in [-0.2, -0.15) is 0 Å². The molecule has 0 aliphatic carbocycles. The summed E-state index contributed by atoms with van der Waals surface area (Å²) >= 11 is 0. The maximum atomic E-state index is 3.66. The molecule has 4 rings (SSSR count). The Morgan fingerprint density at radius 1 is 0.519 bits per heavy atom. The van der Waals surface area contributed by atoms with Gasteiger partial charge in [0.25, 0.3) is 0 Å². The molecule has 4 aromatic carbocycles. The maximum Gasteiger partial charge on any atom is 0.0469 e. The lowest BCUT2D eigenvalue weighted by atomic mass is 10.2. The summed E-state index contributed by atoms with van der Waals surface area (Å²) in [5.74, 6) is 0. The van der Waals surface area contributed by atoms with Gasteiger partial charge in [0.05, 0.1) is 0 Å². The summed E-state index contributed by atoms with van der Waals surface area (Å²) in [5.41, 5.74) is 2.28. The number of benzene rings is 4. The van der Waals surface area contributed by atoms with E-state index in [0.29, 0.717) is 0 Å². The molecule has 4 aromatic rings. The van der Waals surface area contributed by atoms with Gasteiger partial charge in [0.1, 0.15) is 0 Å². The quantitative estimate of drug-likeness (QED) is 0.492. The van der Waals surface area contributed by atoms with E-state index in [1.165, 1.54) is 15.9 Å². The first-order chi connectivity index (χ1) is 13.3. The zero-order valence-electron chi connectivity index (χ0n) is 14.9. The summed E-state index contributed by atoms with van der Waals surface area (Å²) in [6.45, 7) is 0. The van der Waals surface area contributed by atoms with Crippen molar-refractivity contribution in [3.05, 3.63) is 109 Å². The van der Waals surface area contributed by atoms with Crippen molar-refractivity contribution >= 4 is 49.8 Å².